The fraction of sp³-hybridized carbons (Fsp3) is 0.435. The van der Waals surface area contributed by atoms with Gasteiger partial charge in [0.1, 0.15) is 11.5 Å². The number of benzene rings is 2. The predicted octanol–water partition coefficient (Wildman–Crippen LogP) is 3.34. The van der Waals surface area contributed by atoms with Gasteiger partial charge >= 0.3 is 0 Å². The van der Waals surface area contributed by atoms with Gasteiger partial charge in [0, 0.05) is 32.2 Å². The SMILES string of the molecule is O=S(c1ccc(Oc2ccccc2)cc1)N1CCN=C1N1CCN(C2CCC2)CC1. The minimum Gasteiger partial charge on any atom is -0.457 e. The second-order valence-electron chi connectivity index (χ2n) is 8.03. The summed E-state index contributed by atoms with van der Waals surface area (Å²) in [7, 11) is -1.26. The van der Waals surface area contributed by atoms with Crippen molar-refractivity contribution in [2.24, 2.45) is 4.99 Å². The zero-order valence-electron chi connectivity index (χ0n) is 17.2. The summed E-state index contributed by atoms with van der Waals surface area (Å²) < 4.78 is 21.1. The van der Waals surface area contributed by atoms with Crippen LogP contribution in [-0.4, -0.2) is 69.6 Å². The molecule has 2 heterocycles. The van der Waals surface area contributed by atoms with Gasteiger partial charge in [0.15, 0.2) is 11.0 Å². The van der Waals surface area contributed by atoms with E-state index in [1.165, 1.54) is 19.3 Å². The van der Waals surface area contributed by atoms with E-state index < -0.39 is 11.0 Å². The third kappa shape index (κ3) is 4.09. The molecule has 3 aliphatic rings. The number of ether oxygens (including phenoxy) is 1. The minimum atomic E-state index is -1.26. The Morgan fingerprint density at radius 1 is 0.867 bits per heavy atom. The van der Waals surface area contributed by atoms with Gasteiger partial charge in [-0.1, -0.05) is 24.6 Å². The number of para-hydroxylation sites is 1. The van der Waals surface area contributed by atoms with Crippen molar-refractivity contribution >= 4 is 16.9 Å². The Morgan fingerprint density at radius 3 is 2.23 bits per heavy atom. The first kappa shape index (κ1) is 19.6. The van der Waals surface area contributed by atoms with Crippen LogP contribution in [0.3, 0.4) is 0 Å². The zero-order valence-corrected chi connectivity index (χ0v) is 18.0. The number of nitrogens with zero attached hydrogens (tertiary/aromatic N) is 4. The van der Waals surface area contributed by atoms with Gasteiger partial charge in [-0.15, -0.1) is 0 Å². The van der Waals surface area contributed by atoms with Gasteiger partial charge < -0.3 is 9.64 Å². The Bertz CT molecular complexity index is 907. The van der Waals surface area contributed by atoms with Crippen molar-refractivity contribution in [3.63, 3.8) is 0 Å². The summed E-state index contributed by atoms with van der Waals surface area (Å²) >= 11 is 0. The first-order valence-electron chi connectivity index (χ1n) is 10.8. The summed E-state index contributed by atoms with van der Waals surface area (Å²) in [5.74, 6) is 2.43. The summed E-state index contributed by atoms with van der Waals surface area (Å²) in [5.41, 5.74) is 0. The van der Waals surface area contributed by atoms with Crippen LogP contribution in [0.5, 0.6) is 11.5 Å². The molecule has 2 fully saturated rings. The van der Waals surface area contributed by atoms with Gasteiger partial charge in [-0.3, -0.25) is 14.2 Å². The third-order valence-electron chi connectivity index (χ3n) is 6.17. The van der Waals surface area contributed by atoms with Gasteiger partial charge in [0.25, 0.3) is 0 Å². The lowest BCUT2D eigenvalue weighted by atomic mass is 9.91. The largest absolute Gasteiger partial charge is 0.457 e. The molecule has 1 unspecified atom stereocenters. The van der Waals surface area contributed by atoms with Crippen molar-refractivity contribution in [2.45, 2.75) is 30.2 Å². The molecule has 0 radical (unpaired) electrons. The van der Waals surface area contributed by atoms with Crippen LogP contribution in [0.1, 0.15) is 19.3 Å². The van der Waals surface area contributed by atoms with Crippen molar-refractivity contribution < 1.29 is 8.95 Å². The van der Waals surface area contributed by atoms with Crippen LogP contribution < -0.4 is 4.74 Å². The molecule has 0 N–H and O–H groups in total. The highest BCUT2D eigenvalue weighted by atomic mass is 32.2. The number of hydrogen-bond donors (Lipinski definition) is 0. The molecule has 2 aromatic carbocycles. The van der Waals surface area contributed by atoms with E-state index in [0.717, 1.165) is 54.6 Å². The van der Waals surface area contributed by atoms with Crippen LogP contribution in [0, 0.1) is 0 Å². The topological polar surface area (TPSA) is 48.4 Å². The molecule has 2 aliphatic heterocycles. The summed E-state index contributed by atoms with van der Waals surface area (Å²) in [6.07, 6.45) is 4.07. The van der Waals surface area contributed by atoms with E-state index in [1.54, 1.807) is 0 Å². The van der Waals surface area contributed by atoms with Crippen molar-refractivity contribution in [2.75, 3.05) is 39.3 Å². The molecule has 0 bridgehead atoms. The molecule has 0 aromatic heterocycles. The standard InChI is InChI=1S/C23H28N4O2S/c28-30(22-11-9-21(10-12-22)29-20-7-2-1-3-8-20)27-14-13-24-23(27)26-17-15-25(16-18-26)19-5-4-6-19/h1-3,7-12,19H,4-6,13-18H2. The van der Waals surface area contributed by atoms with E-state index >= 15 is 0 Å². The first-order chi connectivity index (χ1) is 14.8. The molecule has 1 saturated heterocycles. The van der Waals surface area contributed by atoms with E-state index in [1.807, 2.05) is 58.9 Å². The maximum absolute atomic E-state index is 13.3. The number of aliphatic imine (C=N–C) groups is 1. The Hall–Kier alpha value is -2.38. The number of piperazine rings is 1. The van der Waals surface area contributed by atoms with E-state index in [2.05, 4.69) is 9.80 Å². The highest BCUT2D eigenvalue weighted by Crippen LogP contribution is 2.27. The van der Waals surface area contributed by atoms with Crippen LogP contribution in [0.25, 0.3) is 0 Å². The molecule has 6 nitrogen and oxygen atoms in total. The minimum absolute atomic E-state index is 0.701. The average Bonchev–Trinajstić information content (AvgIpc) is 3.24. The highest BCUT2D eigenvalue weighted by Gasteiger charge is 2.33. The van der Waals surface area contributed by atoms with E-state index in [0.29, 0.717) is 13.1 Å². The Morgan fingerprint density at radius 2 is 1.57 bits per heavy atom. The van der Waals surface area contributed by atoms with Crippen molar-refractivity contribution in [3.05, 3.63) is 54.6 Å². The molecular formula is C23H28N4O2S. The molecule has 2 aromatic rings. The Kier molecular flexibility index (Phi) is 5.73. The number of rotatable bonds is 5. The Balaban J connectivity index is 1.21. The summed E-state index contributed by atoms with van der Waals surface area (Å²) in [6.45, 7) is 5.50. The summed E-state index contributed by atoms with van der Waals surface area (Å²) in [4.78, 5) is 10.4. The molecule has 1 aliphatic carbocycles. The zero-order chi connectivity index (χ0) is 20.3. The second kappa shape index (κ2) is 8.78. The summed E-state index contributed by atoms with van der Waals surface area (Å²) in [5, 5.41) is 0. The van der Waals surface area contributed by atoms with Gasteiger partial charge in [0.05, 0.1) is 18.0 Å². The van der Waals surface area contributed by atoms with E-state index in [-0.39, 0.29) is 0 Å². The molecule has 0 amide bonds. The van der Waals surface area contributed by atoms with Crippen LogP contribution in [0.2, 0.25) is 0 Å². The molecule has 1 saturated carbocycles. The van der Waals surface area contributed by atoms with Crippen molar-refractivity contribution in [1.82, 2.24) is 14.1 Å². The second-order valence-corrected chi connectivity index (χ2v) is 9.44. The summed E-state index contributed by atoms with van der Waals surface area (Å²) in [6, 6.07) is 18.0. The molecule has 30 heavy (non-hydrogen) atoms. The molecule has 0 spiro atoms. The van der Waals surface area contributed by atoms with E-state index in [9.17, 15) is 4.21 Å². The monoisotopic (exact) mass is 424 g/mol. The molecule has 7 heteroatoms. The maximum Gasteiger partial charge on any atom is 0.209 e. The van der Waals surface area contributed by atoms with Gasteiger partial charge in [-0.25, -0.2) is 4.21 Å². The van der Waals surface area contributed by atoms with Gasteiger partial charge in [0.2, 0.25) is 5.96 Å². The average molecular weight is 425 g/mol. The first-order valence-corrected chi connectivity index (χ1v) is 11.9. The van der Waals surface area contributed by atoms with Crippen LogP contribution in [-0.2, 0) is 11.0 Å². The fourth-order valence-electron chi connectivity index (χ4n) is 4.25. The fourth-order valence-corrected chi connectivity index (χ4v) is 5.44. The van der Waals surface area contributed by atoms with E-state index in [4.69, 9.17) is 9.73 Å². The smallest absolute Gasteiger partial charge is 0.209 e. The molecule has 1 atom stereocenters. The van der Waals surface area contributed by atoms with Gasteiger partial charge in [-0.05, 0) is 49.2 Å². The number of hydrogen-bond acceptors (Lipinski definition) is 5. The Labute approximate surface area is 180 Å². The molecule has 5 rings (SSSR count). The van der Waals surface area contributed by atoms with Crippen molar-refractivity contribution in [3.8, 4) is 11.5 Å². The lowest BCUT2D eigenvalue weighted by molar-refractivity contribution is 0.0834. The normalized spacial score (nSPS) is 21.3. The molecule has 158 valence electrons. The highest BCUT2D eigenvalue weighted by molar-refractivity contribution is 7.83. The van der Waals surface area contributed by atoms with Crippen LogP contribution >= 0.6 is 0 Å². The lowest BCUT2D eigenvalue weighted by Crippen LogP contribution is -2.55. The van der Waals surface area contributed by atoms with Gasteiger partial charge in [-0.2, -0.15) is 0 Å². The number of guanidine groups is 1. The molecular weight excluding hydrogens is 396 g/mol. The third-order valence-corrected chi connectivity index (χ3v) is 7.59. The lowest BCUT2D eigenvalue weighted by Gasteiger charge is -2.44. The predicted molar refractivity (Wildman–Crippen MR) is 119 cm³/mol. The quantitative estimate of drug-likeness (QED) is 0.739. The van der Waals surface area contributed by atoms with Crippen LogP contribution in [0.15, 0.2) is 64.5 Å². The van der Waals surface area contributed by atoms with Crippen molar-refractivity contribution in [1.29, 1.82) is 0 Å². The van der Waals surface area contributed by atoms with Crippen LogP contribution in [0.4, 0.5) is 0 Å². The maximum atomic E-state index is 13.3.